The second kappa shape index (κ2) is 10.3. The van der Waals surface area contributed by atoms with Crippen LogP contribution in [0.15, 0.2) is 42.5 Å². The van der Waals surface area contributed by atoms with E-state index in [0.717, 1.165) is 50.8 Å². The van der Waals surface area contributed by atoms with Crippen molar-refractivity contribution in [3.8, 4) is 0 Å². The number of carbonyl (C=O) groups is 2. The van der Waals surface area contributed by atoms with Crippen LogP contribution in [0.4, 0.5) is 0 Å². The van der Waals surface area contributed by atoms with Gasteiger partial charge in [0.15, 0.2) is 0 Å². The van der Waals surface area contributed by atoms with Crippen LogP contribution in [0, 0.1) is 11.8 Å². The lowest BCUT2D eigenvalue weighted by molar-refractivity contribution is -0.144. The number of carbonyl (C=O) groups excluding carboxylic acids is 1. The van der Waals surface area contributed by atoms with Gasteiger partial charge in [-0.1, -0.05) is 36.4 Å². The number of hydrogen-bond donors (Lipinski definition) is 1. The summed E-state index contributed by atoms with van der Waals surface area (Å²) in [5, 5.41) is 9.83. The molecule has 1 amide bonds. The molecule has 1 aliphatic carbocycles. The molecule has 5 rings (SSSR count). The van der Waals surface area contributed by atoms with Gasteiger partial charge in [0.25, 0.3) is 0 Å². The van der Waals surface area contributed by atoms with Crippen molar-refractivity contribution in [1.82, 2.24) is 14.8 Å². The number of hydrogen-bond acceptors (Lipinski definition) is 4. The number of amides is 1. The molecule has 2 aliphatic heterocycles. The van der Waals surface area contributed by atoms with Crippen molar-refractivity contribution in [1.29, 1.82) is 0 Å². The Labute approximate surface area is 202 Å². The van der Waals surface area contributed by atoms with Crippen LogP contribution in [-0.4, -0.2) is 57.9 Å². The van der Waals surface area contributed by atoms with Crippen molar-refractivity contribution in [2.75, 3.05) is 26.2 Å². The van der Waals surface area contributed by atoms with E-state index < -0.39 is 12.0 Å². The summed E-state index contributed by atoms with van der Waals surface area (Å²) in [6.07, 6.45) is 8.58. The zero-order valence-electron chi connectivity index (χ0n) is 19.9. The molecule has 3 heterocycles. The van der Waals surface area contributed by atoms with E-state index in [1.165, 1.54) is 36.2 Å². The van der Waals surface area contributed by atoms with Crippen molar-refractivity contribution in [3.05, 3.63) is 65.0 Å². The molecule has 1 aromatic heterocycles. The van der Waals surface area contributed by atoms with Crippen LogP contribution < -0.4 is 0 Å². The molecule has 1 N–H and O–H groups in total. The maximum Gasteiger partial charge on any atom is 0.325 e. The molecule has 0 bridgehead atoms. The molecule has 2 fully saturated rings. The monoisotopic (exact) mass is 461 g/mol. The third-order valence-corrected chi connectivity index (χ3v) is 7.94. The first kappa shape index (κ1) is 23.0. The smallest absolute Gasteiger partial charge is 0.325 e. The second-order valence-corrected chi connectivity index (χ2v) is 10.2. The molecular weight excluding hydrogens is 426 g/mol. The lowest BCUT2D eigenvalue weighted by Gasteiger charge is -2.34. The highest BCUT2D eigenvalue weighted by Crippen LogP contribution is 2.31. The minimum absolute atomic E-state index is 0.107. The van der Waals surface area contributed by atoms with Gasteiger partial charge in [0, 0.05) is 37.6 Å². The fraction of sp³-hybridized carbons (Fsp3) is 0.536. The third kappa shape index (κ3) is 5.02. The van der Waals surface area contributed by atoms with Gasteiger partial charge in [0.1, 0.15) is 6.04 Å². The molecular formula is C28H35N3O3. The standard InChI is InChI=1S/C28H35N3O3/c32-27(23-14-17-31(19-23)26(28(33)34)22-7-2-1-3-8-22)30-15-12-20(13-16-30)18-24-11-10-21-6-4-5-9-25(21)29-24/h1-3,7-8,10-11,20,23,26H,4-6,9,12-19H2,(H,33,34)/t23-,26+/m1/s1. The largest absolute Gasteiger partial charge is 0.480 e. The van der Waals surface area contributed by atoms with Crippen molar-refractivity contribution < 1.29 is 14.7 Å². The van der Waals surface area contributed by atoms with Gasteiger partial charge in [-0.3, -0.25) is 19.5 Å². The molecule has 3 aliphatic rings. The average Bonchev–Trinajstić information content (AvgIpc) is 3.34. The van der Waals surface area contributed by atoms with Crippen LogP contribution in [-0.2, 0) is 28.9 Å². The van der Waals surface area contributed by atoms with E-state index in [1.54, 1.807) is 0 Å². The molecule has 2 saturated heterocycles. The molecule has 6 nitrogen and oxygen atoms in total. The quantitative estimate of drug-likeness (QED) is 0.707. The minimum atomic E-state index is -0.851. The molecule has 0 spiro atoms. The summed E-state index contributed by atoms with van der Waals surface area (Å²) in [4.78, 5) is 34.2. The Morgan fingerprint density at radius 3 is 2.50 bits per heavy atom. The molecule has 0 saturated carbocycles. The Bertz CT molecular complexity index is 1020. The van der Waals surface area contributed by atoms with Crippen LogP contribution in [0.3, 0.4) is 0 Å². The van der Waals surface area contributed by atoms with Crippen LogP contribution >= 0.6 is 0 Å². The van der Waals surface area contributed by atoms with Crippen LogP contribution in [0.1, 0.15) is 60.7 Å². The first-order valence-electron chi connectivity index (χ1n) is 12.9. The number of fused-ring (bicyclic) bond motifs is 1. The summed E-state index contributed by atoms with van der Waals surface area (Å²) in [6, 6.07) is 13.1. The summed E-state index contributed by atoms with van der Waals surface area (Å²) >= 11 is 0. The fourth-order valence-corrected chi connectivity index (χ4v) is 6.02. The number of piperidine rings is 1. The van der Waals surface area contributed by atoms with Gasteiger partial charge in [-0.2, -0.15) is 0 Å². The average molecular weight is 462 g/mol. The minimum Gasteiger partial charge on any atom is -0.480 e. The fourth-order valence-electron chi connectivity index (χ4n) is 6.02. The van der Waals surface area contributed by atoms with E-state index in [-0.39, 0.29) is 11.8 Å². The number of aliphatic carboxylic acids is 1. The SMILES string of the molecule is O=C(O)[C@H](c1ccccc1)N1CC[C@@H](C(=O)N2CCC(Cc3ccc4c(n3)CCCC4)CC2)C1. The van der Waals surface area contributed by atoms with Crippen molar-refractivity contribution in [2.24, 2.45) is 11.8 Å². The molecule has 0 radical (unpaired) electrons. The van der Waals surface area contributed by atoms with Gasteiger partial charge in [0.2, 0.25) is 5.91 Å². The number of aryl methyl sites for hydroxylation is 2. The third-order valence-electron chi connectivity index (χ3n) is 7.94. The molecule has 6 heteroatoms. The van der Waals surface area contributed by atoms with E-state index in [2.05, 4.69) is 12.1 Å². The summed E-state index contributed by atoms with van der Waals surface area (Å²) in [7, 11) is 0. The Hall–Kier alpha value is -2.73. The molecule has 34 heavy (non-hydrogen) atoms. The lowest BCUT2D eigenvalue weighted by Crippen LogP contribution is -2.43. The van der Waals surface area contributed by atoms with Crippen LogP contribution in [0.25, 0.3) is 0 Å². The Kier molecular flexibility index (Phi) is 6.95. The second-order valence-electron chi connectivity index (χ2n) is 10.2. The predicted octanol–water partition coefficient (Wildman–Crippen LogP) is 3.89. The highest BCUT2D eigenvalue weighted by Gasteiger charge is 2.38. The van der Waals surface area contributed by atoms with E-state index in [1.807, 2.05) is 40.1 Å². The lowest BCUT2D eigenvalue weighted by atomic mass is 9.90. The molecule has 1 aromatic carbocycles. The maximum atomic E-state index is 13.2. The molecule has 2 atom stereocenters. The van der Waals surface area contributed by atoms with Gasteiger partial charge >= 0.3 is 5.97 Å². The number of carboxylic acid groups (broad SMARTS) is 1. The van der Waals surface area contributed by atoms with Crippen LogP contribution in [0.2, 0.25) is 0 Å². The van der Waals surface area contributed by atoms with Gasteiger partial charge < -0.3 is 10.0 Å². The number of benzene rings is 1. The van der Waals surface area contributed by atoms with Crippen molar-refractivity contribution in [2.45, 2.75) is 57.4 Å². The van der Waals surface area contributed by atoms with E-state index >= 15 is 0 Å². The summed E-state index contributed by atoms with van der Waals surface area (Å²) in [5.41, 5.74) is 4.72. The van der Waals surface area contributed by atoms with Gasteiger partial charge in [-0.15, -0.1) is 0 Å². The number of aromatic nitrogens is 1. The van der Waals surface area contributed by atoms with E-state index in [9.17, 15) is 14.7 Å². The summed E-state index contributed by atoms with van der Waals surface area (Å²) in [5.74, 6) is -0.182. The van der Waals surface area contributed by atoms with Gasteiger partial charge in [0.05, 0.1) is 5.92 Å². The highest BCUT2D eigenvalue weighted by atomic mass is 16.4. The number of likely N-dealkylation sites (tertiary alicyclic amines) is 2. The maximum absolute atomic E-state index is 13.2. The first-order chi connectivity index (χ1) is 16.6. The van der Waals surface area contributed by atoms with Gasteiger partial charge in [-0.25, -0.2) is 0 Å². The predicted molar refractivity (Wildman–Crippen MR) is 130 cm³/mol. The molecule has 180 valence electrons. The zero-order valence-corrected chi connectivity index (χ0v) is 19.9. The number of rotatable bonds is 6. The van der Waals surface area contributed by atoms with Crippen LogP contribution in [0.5, 0.6) is 0 Å². The summed E-state index contributed by atoms with van der Waals surface area (Å²) in [6.45, 7) is 2.75. The zero-order chi connectivity index (χ0) is 23.5. The molecule has 0 unspecified atom stereocenters. The number of nitrogens with zero attached hydrogens (tertiary/aromatic N) is 3. The normalized spacial score (nSPS) is 22.4. The number of pyridine rings is 1. The Morgan fingerprint density at radius 2 is 1.74 bits per heavy atom. The Morgan fingerprint density at radius 1 is 0.971 bits per heavy atom. The molecule has 2 aromatic rings. The van der Waals surface area contributed by atoms with Crippen molar-refractivity contribution >= 4 is 11.9 Å². The topological polar surface area (TPSA) is 73.7 Å². The number of carboxylic acids is 1. The highest BCUT2D eigenvalue weighted by molar-refractivity contribution is 5.80. The van der Waals surface area contributed by atoms with Gasteiger partial charge in [-0.05, 0) is 74.5 Å². The van der Waals surface area contributed by atoms with E-state index in [0.29, 0.717) is 19.0 Å². The van der Waals surface area contributed by atoms with Crippen molar-refractivity contribution in [3.63, 3.8) is 0 Å². The summed E-state index contributed by atoms with van der Waals surface area (Å²) < 4.78 is 0. The van der Waals surface area contributed by atoms with E-state index in [4.69, 9.17) is 4.98 Å². The first-order valence-corrected chi connectivity index (χ1v) is 12.9. The Balaban J connectivity index is 1.14.